The van der Waals surface area contributed by atoms with Crippen LogP contribution in [0.1, 0.15) is 13.8 Å². The Balaban J connectivity index is 2.98. The van der Waals surface area contributed by atoms with Crippen molar-refractivity contribution in [3.8, 4) is 0 Å². The number of nitrogens with zero attached hydrogens (tertiary/aromatic N) is 3. The van der Waals surface area contributed by atoms with Crippen LogP contribution in [-0.2, 0) is 0 Å². The molecule has 0 aliphatic heterocycles. The lowest BCUT2D eigenvalue weighted by molar-refractivity contribution is 0.709. The van der Waals surface area contributed by atoms with Gasteiger partial charge in [-0.3, -0.25) is 0 Å². The largest absolute Gasteiger partial charge is 0.349 e. The number of aromatic nitrogens is 2. The molecule has 0 aliphatic carbocycles. The molecule has 0 radical (unpaired) electrons. The molecule has 0 fully saturated rings. The summed E-state index contributed by atoms with van der Waals surface area (Å²) in [6.07, 6.45) is 5.17. The molecule has 0 aliphatic rings. The first kappa shape index (κ1) is 11.2. The van der Waals surface area contributed by atoms with Gasteiger partial charge in [-0.25, -0.2) is 9.97 Å². The molecule has 1 rings (SSSR count). The van der Waals surface area contributed by atoms with Gasteiger partial charge >= 0.3 is 0 Å². The van der Waals surface area contributed by atoms with Crippen LogP contribution >= 0.6 is 15.9 Å². The lowest BCUT2D eigenvalue weighted by Gasteiger charge is -2.26. The Morgan fingerprint density at radius 3 is 2.86 bits per heavy atom. The van der Waals surface area contributed by atoms with Gasteiger partial charge in [0, 0.05) is 18.8 Å². The van der Waals surface area contributed by atoms with Gasteiger partial charge in [-0.2, -0.15) is 0 Å². The molecule has 0 saturated heterocycles. The van der Waals surface area contributed by atoms with Gasteiger partial charge in [-0.15, -0.1) is 6.58 Å². The first-order valence-electron chi connectivity index (χ1n) is 4.50. The van der Waals surface area contributed by atoms with E-state index in [1.807, 2.05) is 6.08 Å². The molecule has 76 valence electrons. The van der Waals surface area contributed by atoms with Crippen molar-refractivity contribution in [2.24, 2.45) is 0 Å². The molecule has 0 spiro atoms. The van der Waals surface area contributed by atoms with Crippen LogP contribution in [0.15, 0.2) is 29.7 Å². The topological polar surface area (TPSA) is 29.0 Å². The van der Waals surface area contributed by atoms with E-state index in [0.29, 0.717) is 6.04 Å². The Labute approximate surface area is 93.0 Å². The van der Waals surface area contributed by atoms with E-state index in [1.54, 1.807) is 12.5 Å². The maximum Gasteiger partial charge on any atom is 0.146 e. The molecule has 1 heterocycles. The third kappa shape index (κ3) is 2.54. The van der Waals surface area contributed by atoms with Crippen molar-refractivity contribution in [3.63, 3.8) is 0 Å². The minimum Gasteiger partial charge on any atom is -0.349 e. The van der Waals surface area contributed by atoms with Crippen molar-refractivity contribution < 1.29 is 0 Å². The Bertz CT molecular complexity index is 312. The number of halogens is 1. The fraction of sp³-hybridized carbons (Fsp3) is 0.400. The smallest absolute Gasteiger partial charge is 0.146 e. The summed E-state index contributed by atoms with van der Waals surface area (Å²) in [6.45, 7) is 8.77. The molecule has 1 aromatic heterocycles. The molecule has 0 saturated carbocycles. The fourth-order valence-electron chi connectivity index (χ4n) is 1.20. The lowest BCUT2D eigenvalue weighted by Crippen LogP contribution is -2.31. The van der Waals surface area contributed by atoms with Crippen LogP contribution in [0.3, 0.4) is 0 Å². The van der Waals surface area contributed by atoms with E-state index in [2.05, 4.69) is 51.2 Å². The van der Waals surface area contributed by atoms with E-state index >= 15 is 0 Å². The molecule has 0 unspecified atom stereocenters. The molecule has 0 N–H and O–H groups in total. The van der Waals surface area contributed by atoms with Gasteiger partial charge in [0.1, 0.15) is 12.1 Å². The summed E-state index contributed by atoms with van der Waals surface area (Å²) in [4.78, 5) is 10.3. The third-order valence-electron chi connectivity index (χ3n) is 1.87. The van der Waals surface area contributed by atoms with Crippen molar-refractivity contribution in [2.45, 2.75) is 19.9 Å². The summed E-state index contributed by atoms with van der Waals surface area (Å²) in [5.74, 6) is 0.912. The van der Waals surface area contributed by atoms with Crippen molar-refractivity contribution in [3.05, 3.63) is 29.7 Å². The highest BCUT2D eigenvalue weighted by Crippen LogP contribution is 2.23. The first-order chi connectivity index (χ1) is 6.66. The Morgan fingerprint density at radius 2 is 2.36 bits per heavy atom. The van der Waals surface area contributed by atoms with Crippen LogP contribution in [0.4, 0.5) is 5.82 Å². The summed E-state index contributed by atoms with van der Waals surface area (Å²) in [5.41, 5.74) is 0. The Kier molecular flexibility index (Phi) is 4.07. The Morgan fingerprint density at radius 1 is 1.64 bits per heavy atom. The van der Waals surface area contributed by atoms with Crippen molar-refractivity contribution in [1.82, 2.24) is 9.97 Å². The van der Waals surface area contributed by atoms with Gasteiger partial charge in [0.15, 0.2) is 0 Å². The number of hydrogen-bond acceptors (Lipinski definition) is 3. The fourth-order valence-corrected chi connectivity index (χ4v) is 1.65. The van der Waals surface area contributed by atoms with Gasteiger partial charge in [0.2, 0.25) is 0 Å². The standard InChI is InChI=1S/C10H14BrN3/c1-4-5-14(8(2)3)10-9(11)6-12-7-13-10/h4,6-8H,1,5H2,2-3H3. The minimum atomic E-state index is 0.388. The summed E-state index contributed by atoms with van der Waals surface area (Å²) in [6, 6.07) is 0.388. The van der Waals surface area contributed by atoms with Crippen LogP contribution < -0.4 is 4.90 Å². The van der Waals surface area contributed by atoms with E-state index in [-0.39, 0.29) is 0 Å². The highest BCUT2D eigenvalue weighted by Gasteiger charge is 2.12. The zero-order valence-electron chi connectivity index (χ0n) is 8.44. The zero-order valence-corrected chi connectivity index (χ0v) is 10.0. The van der Waals surface area contributed by atoms with Crippen LogP contribution in [-0.4, -0.2) is 22.6 Å². The summed E-state index contributed by atoms with van der Waals surface area (Å²) in [5, 5.41) is 0. The lowest BCUT2D eigenvalue weighted by atomic mass is 10.3. The highest BCUT2D eigenvalue weighted by molar-refractivity contribution is 9.10. The molecule has 1 aromatic rings. The average Bonchev–Trinajstić information content (AvgIpc) is 2.15. The van der Waals surface area contributed by atoms with Gasteiger partial charge in [-0.1, -0.05) is 6.08 Å². The molecule has 0 bridgehead atoms. The minimum absolute atomic E-state index is 0.388. The van der Waals surface area contributed by atoms with Crippen molar-refractivity contribution >= 4 is 21.7 Å². The summed E-state index contributed by atoms with van der Waals surface area (Å²) < 4.78 is 0.913. The summed E-state index contributed by atoms with van der Waals surface area (Å²) >= 11 is 3.43. The molecule has 4 heteroatoms. The molecule has 14 heavy (non-hydrogen) atoms. The predicted octanol–water partition coefficient (Wildman–Crippen LogP) is 2.64. The van der Waals surface area contributed by atoms with E-state index in [4.69, 9.17) is 0 Å². The quantitative estimate of drug-likeness (QED) is 0.775. The number of hydrogen-bond donors (Lipinski definition) is 0. The van der Waals surface area contributed by atoms with Crippen molar-refractivity contribution in [2.75, 3.05) is 11.4 Å². The highest BCUT2D eigenvalue weighted by atomic mass is 79.9. The van der Waals surface area contributed by atoms with Crippen molar-refractivity contribution in [1.29, 1.82) is 0 Å². The van der Waals surface area contributed by atoms with E-state index < -0.39 is 0 Å². The zero-order chi connectivity index (χ0) is 10.6. The second-order valence-electron chi connectivity index (χ2n) is 3.23. The number of rotatable bonds is 4. The van der Waals surface area contributed by atoms with Crippen LogP contribution in [0.25, 0.3) is 0 Å². The van der Waals surface area contributed by atoms with Crippen LogP contribution in [0.5, 0.6) is 0 Å². The number of anilines is 1. The molecular weight excluding hydrogens is 242 g/mol. The van der Waals surface area contributed by atoms with E-state index in [1.165, 1.54) is 0 Å². The third-order valence-corrected chi connectivity index (χ3v) is 2.43. The monoisotopic (exact) mass is 255 g/mol. The van der Waals surface area contributed by atoms with Crippen LogP contribution in [0.2, 0.25) is 0 Å². The molecule has 3 nitrogen and oxygen atoms in total. The van der Waals surface area contributed by atoms with Gasteiger partial charge in [0.05, 0.1) is 4.47 Å². The molecule has 0 amide bonds. The molecule has 0 atom stereocenters. The predicted molar refractivity (Wildman–Crippen MR) is 62.4 cm³/mol. The van der Waals surface area contributed by atoms with E-state index in [0.717, 1.165) is 16.8 Å². The second kappa shape index (κ2) is 5.10. The Hall–Kier alpha value is -0.900. The van der Waals surface area contributed by atoms with Gasteiger partial charge in [-0.05, 0) is 29.8 Å². The summed E-state index contributed by atoms with van der Waals surface area (Å²) in [7, 11) is 0. The molecule has 0 aromatic carbocycles. The first-order valence-corrected chi connectivity index (χ1v) is 5.29. The SMILES string of the molecule is C=CCN(c1ncncc1Br)C(C)C. The van der Waals surface area contributed by atoms with E-state index in [9.17, 15) is 0 Å². The maximum atomic E-state index is 4.24. The van der Waals surface area contributed by atoms with Crippen LogP contribution in [0, 0.1) is 0 Å². The second-order valence-corrected chi connectivity index (χ2v) is 4.08. The molecular formula is C10H14BrN3. The maximum absolute atomic E-state index is 4.24. The normalized spacial score (nSPS) is 10.3. The van der Waals surface area contributed by atoms with Gasteiger partial charge < -0.3 is 4.90 Å². The van der Waals surface area contributed by atoms with Gasteiger partial charge in [0.25, 0.3) is 0 Å². The average molecular weight is 256 g/mol.